The van der Waals surface area contributed by atoms with Crippen LogP contribution in [-0.4, -0.2) is 21.2 Å². The topological polar surface area (TPSA) is 34.8 Å². The Morgan fingerprint density at radius 1 is 1.33 bits per heavy atom. The molecular weight excluding hydrogens is 284 g/mol. The molecule has 0 radical (unpaired) electrons. The Morgan fingerprint density at radius 2 is 2.19 bits per heavy atom. The van der Waals surface area contributed by atoms with Gasteiger partial charge in [-0.3, -0.25) is 0 Å². The molecule has 3 rings (SSSR count). The lowest BCUT2D eigenvalue weighted by Gasteiger charge is -2.06. The van der Waals surface area contributed by atoms with E-state index in [2.05, 4.69) is 31.7 Å². The van der Waals surface area contributed by atoms with Crippen molar-refractivity contribution in [3.63, 3.8) is 0 Å². The van der Waals surface area contributed by atoms with E-state index >= 15 is 0 Å². The molecule has 0 unspecified atom stereocenters. The number of nitrogens with one attached hydrogen (secondary N) is 1. The van der Waals surface area contributed by atoms with Gasteiger partial charge in [-0.1, -0.05) is 17.7 Å². The molecular formula is C16H19ClN4. The van der Waals surface area contributed by atoms with Crippen molar-refractivity contribution in [2.45, 2.75) is 19.5 Å². The van der Waals surface area contributed by atoms with Crippen LogP contribution in [0.2, 0.25) is 5.02 Å². The van der Waals surface area contributed by atoms with E-state index in [1.165, 1.54) is 16.5 Å². The summed E-state index contributed by atoms with van der Waals surface area (Å²) in [5.41, 5.74) is 2.48. The van der Waals surface area contributed by atoms with Crippen LogP contribution in [0.25, 0.3) is 10.9 Å². The lowest BCUT2D eigenvalue weighted by molar-refractivity contribution is 0.664. The molecule has 4 nitrogen and oxygen atoms in total. The van der Waals surface area contributed by atoms with Crippen molar-refractivity contribution in [3.05, 3.63) is 53.2 Å². The number of hydrogen-bond acceptors (Lipinski definition) is 2. The highest BCUT2D eigenvalue weighted by atomic mass is 35.5. The van der Waals surface area contributed by atoms with E-state index in [0.29, 0.717) is 0 Å². The third-order valence-electron chi connectivity index (χ3n) is 3.79. The average molecular weight is 303 g/mol. The molecule has 0 bridgehead atoms. The van der Waals surface area contributed by atoms with Gasteiger partial charge in [-0.05, 0) is 24.7 Å². The first-order chi connectivity index (χ1) is 10.2. The fourth-order valence-electron chi connectivity index (χ4n) is 2.72. The first kappa shape index (κ1) is 14.2. The van der Waals surface area contributed by atoms with Gasteiger partial charge in [-0.2, -0.15) is 0 Å². The van der Waals surface area contributed by atoms with Crippen LogP contribution in [0.4, 0.5) is 0 Å². The zero-order chi connectivity index (χ0) is 14.8. The molecule has 5 heteroatoms. The Kier molecular flexibility index (Phi) is 3.99. The van der Waals surface area contributed by atoms with Crippen molar-refractivity contribution in [2.75, 3.05) is 7.05 Å². The summed E-state index contributed by atoms with van der Waals surface area (Å²) in [6, 6.07) is 6.09. The molecule has 3 aromatic rings. The van der Waals surface area contributed by atoms with Crippen molar-refractivity contribution in [2.24, 2.45) is 7.05 Å². The second-order valence-electron chi connectivity index (χ2n) is 5.24. The van der Waals surface area contributed by atoms with Crippen LogP contribution in [-0.2, 0) is 26.6 Å². The molecule has 0 saturated carbocycles. The van der Waals surface area contributed by atoms with Gasteiger partial charge in [0.1, 0.15) is 5.82 Å². The normalized spacial score (nSPS) is 11.4. The summed E-state index contributed by atoms with van der Waals surface area (Å²) in [5.74, 6) is 1.09. The summed E-state index contributed by atoms with van der Waals surface area (Å²) < 4.78 is 4.33. The predicted octanol–water partition coefficient (Wildman–Crippen LogP) is 2.99. The van der Waals surface area contributed by atoms with Crippen LogP contribution in [0.1, 0.15) is 11.4 Å². The van der Waals surface area contributed by atoms with E-state index in [1.54, 1.807) is 0 Å². The van der Waals surface area contributed by atoms with Gasteiger partial charge in [0, 0.05) is 61.1 Å². The van der Waals surface area contributed by atoms with E-state index in [0.717, 1.165) is 30.4 Å². The molecule has 0 amide bonds. The van der Waals surface area contributed by atoms with E-state index in [9.17, 15) is 0 Å². The summed E-state index contributed by atoms with van der Waals surface area (Å²) in [6.45, 7) is 1.75. The molecule has 1 aromatic carbocycles. The molecule has 1 N–H and O–H groups in total. The van der Waals surface area contributed by atoms with Crippen molar-refractivity contribution in [1.29, 1.82) is 0 Å². The molecule has 21 heavy (non-hydrogen) atoms. The van der Waals surface area contributed by atoms with Gasteiger partial charge in [0.2, 0.25) is 0 Å². The minimum Gasteiger partial charge on any atom is -0.347 e. The van der Waals surface area contributed by atoms with Gasteiger partial charge in [0.15, 0.2) is 0 Å². The first-order valence-electron chi connectivity index (χ1n) is 7.07. The van der Waals surface area contributed by atoms with Gasteiger partial charge in [-0.15, -0.1) is 0 Å². The van der Waals surface area contributed by atoms with Crippen molar-refractivity contribution in [1.82, 2.24) is 19.4 Å². The molecule has 110 valence electrons. The Hall–Kier alpha value is -1.78. The molecule has 0 fully saturated rings. The van der Waals surface area contributed by atoms with E-state index < -0.39 is 0 Å². The number of imidazole rings is 1. The lowest BCUT2D eigenvalue weighted by atomic mass is 10.2. The molecule has 0 aliphatic carbocycles. The Bertz CT molecular complexity index is 757. The average Bonchev–Trinajstić information content (AvgIpc) is 3.01. The van der Waals surface area contributed by atoms with E-state index in [-0.39, 0.29) is 0 Å². The minimum atomic E-state index is 0.773. The van der Waals surface area contributed by atoms with E-state index in [1.807, 2.05) is 38.6 Å². The molecule has 0 atom stereocenters. The quantitative estimate of drug-likeness (QED) is 0.786. The zero-order valence-corrected chi connectivity index (χ0v) is 13.1. The van der Waals surface area contributed by atoms with Crippen LogP contribution in [0.15, 0.2) is 36.8 Å². The molecule has 0 aliphatic rings. The number of aryl methyl sites for hydroxylation is 3. The van der Waals surface area contributed by atoms with Crippen molar-refractivity contribution < 1.29 is 0 Å². The molecule has 0 spiro atoms. The number of nitrogens with zero attached hydrogens (tertiary/aromatic N) is 3. The largest absolute Gasteiger partial charge is 0.347 e. The highest BCUT2D eigenvalue weighted by Crippen LogP contribution is 2.25. The predicted molar refractivity (Wildman–Crippen MR) is 86.6 cm³/mol. The maximum absolute atomic E-state index is 6.16. The van der Waals surface area contributed by atoms with Crippen LogP contribution in [0.5, 0.6) is 0 Å². The number of benzene rings is 1. The highest BCUT2D eigenvalue weighted by molar-refractivity contribution is 6.31. The number of fused-ring (bicyclic) bond motifs is 1. The summed E-state index contributed by atoms with van der Waals surface area (Å²) in [7, 11) is 3.99. The number of aromatic nitrogens is 3. The highest BCUT2D eigenvalue weighted by Gasteiger charge is 2.09. The van der Waals surface area contributed by atoms with Gasteiger partial charge in [0.25, 0.3) is 0 Å². The Balaban J connectivity index is 1.93. The second kappa shape index (κ2) is 5.92. The minimum absolute atomic E-state index is 0.773. The van der Waals surface area contributed by atoms with E-state index in [4.69, 9.17) is 11.6 Å². The zero-order valence-electron chi connectivity index (χ0n) is 12.3. The van der Waals surface area contributed by atoms with Gasteiger partial charge in [0.05, 0.1) is 0 Å². The number of hydrogen-bond donors (Lipinski definition) is 1. The maximum Gasteiger partial charge on any atom is 0.110 e. The first-order valence-corrected chi connectivity index (χ1v) is 7.45. The molecule has 0 aliphatic heterocycles. The lowest BCUT2D eigenvalue weighted by Crippen LogP contribution is -2.06. The molecule has 2 heterocycles. The summed E-state index contributed by atoms with van der Waals surface area (Å²) in [5, 5.41) is 5.25. The molecule has 0 saturated heterocycles. The van der Waals surface area contributed by atoms with Crippen molar-refractivity contribution in [3.8, 4) is 0 Å². The third kappa shape index (κ3) is 2.82. The van der Waals surface area contributed by atoms with Crippen LogP contribution in [0, 0.1) is 0 Å². The number of halogens is 1. The Labute approximate surface area is 129 Å². The summed E-state index contributed by atoms with van der Waals surface area (Å²) in [4.78, 5) is 4.38. The van der Waals surface area contributed by atoms with Crippen LogP contribution in [0.3, 0.4) is 0 Å². The van der Waals surface area contributed by atoms with Crippen LogP contribution >= 0.6 is 11.6 Å². The number of rotatable bonds is 5. The van der Waals surface area contributed by atoms with Crippen molar-refractivity contribution >= 4 is 22.5 Å². The molecule has 2 aromatic heterocycles. The second-order valence-corrected chi connectivity index (χ2v) is 5.68. The smallest absolute Gasteiger partial charge is 0.110 e. The maximum atomic E-state index is 6.16. The van der Waals surface area contributed by atoms with Gasteiger partial charge >= 0.3 is 0 Å². The Morgan fingerprint density at radius 3 is 2.90 bits per heavy atom. The van der Waals surface area contributed by atoms with Gasteiger partial charge in [-0.25, -0.2) is 4.98 Å². The van der Waals surface area contributed by atoms with Gasteiger partial charge < -0.3 is 14.5 Å². The van der Waals surface area contributed by atoms with Crippen LogP contribution < -0.4 is 5.32 Å². The fraction of sp³-hybridized carbons (Fsp3) is 0.312. The SMILES string of the molecule is CNCc1cn(CCc2nccn2C)c2cc(Cl)ccc12. The fourth-order valence-corrected chi connectivity index (χ4v) is 2.88. The summed E-state index contributed by atoms with van der Waals surface area (Å²) in [6.07, 6.45) is 6.93. The third-order valence-corrected chi connectivity index (χ3v) is 4.03. The summed E-state index contributed by atoms with van der Waals surface area (Å²) >= 11 is 6.16. The standard InChI is InChI=1S/C16H19ClN4/c1-18-10-12-11-21(7-5-16-19-6-8-20(16)2)15-9-13(17)3-4-14(12)15/h3-4,6,8-9,11,18H,5,7,10H2,1-2H3. The monoisotopic (exact) mass is 302 g/mol.